The molecule has 0 radical (unpaired) electrons. The monoisotopic (exact) mass is 269 g/mol. The highest BCUT2D eigenvalue weighted by molar-refractivity contribution is 7.82. The number of thiazole rings is 1. The normalized spacial score (nSPS) is 10.6. The van der Waals surface area contributed by atoms with Crippen LogP contribution in [0, 0.1) is 5.82 Å². The van der Waals surface area contributed by atoms with Gasteiger partial charge in [0.2, 0.25) is 0 Å². The van der Waals surface area contributed by atoms with Crippen LogP contribution in [0.15, 0.2) is 18.5 Å². The average Bonchev–Trinajstić information content (AvgIpc) is 2.73. The summed E-state index contributed by atoms with van der Waals surface area (Å²) in [5.74, 6) is -0.350. The number of hydrogen-bond acceptors (Lipinski definition) is 5. The lowest BCUT2D eigenvalue weighted by molar-refractivity contribution is 0.622. The van der Waals surface area contributed by atoms with E-state index in [0.717, 1.165) is 22.1 Å². The summed E-state index contributed by atoms with van der Waals surface area (Å²) in [7, 11) is 1.85. The van der Waals surface area contributed by atoms with Crippen LogP contribution >= 0.6 is 24.2 Å². The van der Waals surface area contributed by atoms with Crippen molar-refractivity contribution in [2.45, 2.75) is 13.3 Å². The van der Waals surface area contributed by atoms with Crippen molar-refractivity contribution in [1.29, 1.82) is 0 Å². The molecule has 0 unspecified atom stereocenters. The van der Waals surface area contributed by atoms with Crippen LogP contribution < -0.4 is 4.31 Å². The summed E-state index contributed by atoms with van der Waals surface area (Å²) in [4.78, 5) is 8.31. The molecule has 0 aliphatic carbocycles. The standard InChI is InChI=1S/C11H12FN3S2/c1-3-9-11(15(2)16)17-10(14-9)7-4-8(12)6-13-5-7/h4-6,16H,3H2,1-2H3. The van der Waals surface area contributed by atoms with E-state index in [0.29, 0.717) is 5.56 Å². The Kier molecular flexibility index (Phi) is 3.63. The zero-order chi connectivity index (χ0) is 12.4. The summed E-state index contributed by atoms with van der Waals surface area (Å²) >= 11 is 5.76. The second-order valence-electron chi connectivity index (χ2n) is 3.54. The lowest BCUT2D eigenvalue weighted by Gasteiger charge is -2.07. The maximum absolute atomic E-state index is 13.1. The molecule has 0 fully saturated rings. The average molecular weight is 269 g/mol. The summed E-state index contributed by atoms with van der Waals surface area (Å²) in [6.07, 6.45) is 3.62. The van der Waals surface area contributed by atoms with Crippen LogP contribution in [0.4, 0.5) is 9.39 Å². The van der Waals surface area contributed by atoms with Gasteiger partial charge in [-0.3, -0.25) is 4.98 Å². The third kappa shape index (κ3) is 2.58. The Morgan fingerprint density at radius 3 is 2.76 bits per heavy atom. The summed E-state index contributed by atoms with van der Waals surface area (Å²) in [6, 6.07) is 1.44. The number of hydrogen-bond donors (Lipinski definition) is 1. The van der Waals surface area contributed by atoms with Crippen LogP contribution in [0.2, 0.25) is 0 Å². The molecule has 0 N–H and O–H groups in total. The summed E-state index contributed by atoms with van der Waals surface area (Å²) in [6.45, 7) is 2.03. The second kappa shape index (κ2) is 5.01. The first-order chi connectivity index (χ1) is 8.11. The molecule has 0 saturated heterocycles. The van der Waals surface area contributed by atoms with Gasteiger partial charge in [-0.25, -0.2) is 9.37 Å². The molecule has 2 aromatic heterocycles. The van der Waals surface area contributed by atoms with Gasteiger partial charge in [-0.05, 0) is 12.5 Å². The molecular weight excluding hydrogens is 257 g/mol. The Morgan fingerprint density at radius 2 is 2.24 bits per heavy atom. The lowest BCUT2D eigenvalue weighted by Crippen LogP contribution is -2.00. The molecule has 0 amide bonds. The molecule has 0 aromatic carbocycles. The third-order valence-corrected chi connectivity index (χ3v) is 3.82. The van der Waals surface area contributed by atoms with Crippen molar-refractivity contribution in [3.63, 3.8) is 0 Å². The molecule has 2 heterocycles. The van der Waals surface area contributed by atoms with Crippen molar-refractivity contribution < 1.29 is 4.39 Å². The third-order valence-electron chi connectivity index (χ3n) is 2.26. The van der Waals surface area contributed by atoms with Crippen molar-refractivity contribution >= 4 is 29.2 Å². The highest BCUT2D eigenvalue weighted by Gasteiger charge is 2.13. The van der Waals surface area contributed by atoms with Crippen molar-refractivity contribution in [3.05, 3.63) is 30.0 Å². The van der Waals surface area contributed by atoms with E-state index >= 15 is 0 Å². The Balaban J connectivity index is 2.46. The summed E-state index contributed by atoms with van der Waals surface area (Å²) < 4.78 is 14.8. The second-order valence-corrected chi connectivity index (χ2v) is 5.12. The van der Waals surface area contributed by atoms with E-state index in [1.807, 2.05) is 14.0 Å². The molecule has 2 aromatic rings. The minimum atomic E-state index is -0.350. The SMILES string of the molecule is CCc1nc(-c2cncc(F)c2)sc1N(C)S. The first kappa shape index (κ1) is 12.3. The molecule has 17 heavy (non-hydrogen) atoms. The zero-order valence-electron chi connectivity index (χ0n) is 9.51. The molecule has 0 spiro atoms. The van der Waals surface area contributed by atoms with E-state index in [4.69, 9.17) is 0 Å². The number of thiol groups is 1. The summed E-state index contributed by atoms with van der Waals surface area (Å²) in [5.41, 5.74) is 1.66. The van der Waals surface area contributed by atoms with Crippen molar-refractivity contribution in [1.82, 2.24) is 9.97 Å². The van der Waals surface area contributed by atoms with Crippen LogP contribution in [0.25, 0.3) is 10.6 Å². The van der Waals surface area contributed by atoms with Gasteiger partial charge in [0.15, 0.2) is 0 Å². The van der Waals surface area contributed by atoms with Gasteiger partial charge in [-0.1, -0.05) is 31.1 Å². The molecular formula is C11H12FN3S2. The van der Waals surface area contributed by atoms with Gasteiger partial charge in [-0.2, -0.15) is 0 Å². The number of rotatable bonds is 3. The maximum atomic E-state index is 13.1. The highest BCUT2D eigenvalue weighted by atomic mass is 32.1. The molecule has 0 bridgehead atoms. The molecule has 0 atom stereocenters. The van der Waals surface area contributed by atoms with Crippen LogP contribution in [-0.4, -0.2) is 17.0 Å². The molecule has 3 nitrogen and oxygen atoms in total. The molecule has 0 aliphatic heterocycles. The van der Waals surface area contributed by atoms with E-state index in [-0.39, 0.29) is 5.82 Å². The minimum absolute atomic E-state index is 0.350. The predicted octanol–water partition coefficient (Wildman–Crippen LogP) is 3.19. The molecule has 2 rings (SSSR count). The van der Waals surface area contributed by atoms with E-state index in [9.17, 15) is 4.39 Å². The van der Waals surface area contributed by atoms with E-state index in [2.05, 4.69) is 22.8 Å². The van der Waals surface area contributed by atoms with Crippen LogP contribution in [0.1, 0.15) is 12.6 Å². The number of aryl methyl sites for hydroxylation is 1. The molecule has 0 saturated carbocycles. The van der Waals surface area contributed by atoms with Crippen LogP contribution in [0.3, 0.4) is 0 Å². The smallest absolute Gasteiger partial charge is 0.142 e. The highest BCUT2D eigenvalue weighted by Crippen LogP contribution is 2.34. The Hall–Kier alpha value is -1.14. The van der Waals surface area contributed by atoms with Gasteiger partial charge in [0, 0.05) is 18.8 Å². The van der Waals surface area contributed by atoms with Gasteiger partial charge >= 0.3 is 0 Å². The largest absolute Gasteiger partial charge is 0.312 e. The van der Waals surface area contributed by atoms with Gasteiger partial charge in [0.05, 0.1) is 11.9 Å². The first-order valence-corrected chi connectivity index (χ1v) is 6.36. The van der Waals surface area contributed by atoms with Gasteiger partial charge in [-0.15, -0.1) is 0 Å². The Labute approximate surface area is 109 Å². The van der Waals surface area contributed by atoms with Crippen LogP contribution in [-0.2, 0) is 6.42 Å². The van der Waals surface area contributed by atoms with Gasteiger partial charge in [0.25, 0.3) is 0 Å². The molecule has 90 valence electrons. The van der Waals surface area contributed by atoms with Crippen molar-refractivity contribution in [3.8, 4) is 10.6 Å². The summed E-state index contributed by atoms with van der Waals surface area (Å²) in [5, 5.41) is 1.75. The lowest BCUT2D eigenvalue weighted by atomic mass is 10.3. The topological polar surface area (TPSA) is 29.0 Å². The van der Waals surface area contributed by atoms with Crippen molar-refractivity contribution in [2.24, 2.45) is 0 Å². The predicted molar refractivity (Wildman–Crippen MR) is 72.1 cm³/mol. The maximum Gasteiger partial charge on any atom is 0.142 e. The molecule has 6 heteroatoms. The number of nitrogens with zero attached hydrogens (tertiary/aromatic N) is 3. The first-order valence-electron chi connectivity index (χ1n) is 5.15. The number of pyridine rings is 1. The minimum Gasteiger partial charge on any atom is -0.312 e. The number of halogens is 1. The fourth-order valence-corrected chi connectivity index (χ4v) is 2.73. The van der Waals surface area contributed by atoms with Gasteiger partial charge < -0.3 is 4.31 Å². The number of aromatic nitrogens is 2. The van der Waals surface area contributed by atoms with Crippen molar-refractivity contribution in [2.75, 3.05) is 11.4 Å². The quantitative estimate of drug-likeness (QED) is 0.868. The number of anilines is 1. The fourth-order valence-electron chi connectivity index (χ4n) is 1.48. The molecule has 0 aliphatic rings. The Bertz CT molecular complexity index is 525. The Morgan fingerprint density at radius 1 is 1.47 bits per heavy atom. The fraction of sp³-hybridized carbons (Fsp3) is 0.273. The van der Waals surface area contributed by atoms with Gasteiger partial charge in [0.1, 0.15) is 15.8 Å². The van der Waals surface area contributed by atoms with Crippen LogP contribution in [0.5, 0.6) is 0 Å². The van der Waals surface area contributed by atoms with E-state index in [1.54, 1.807) is 10.5 Å². The van der Waals surface area contributed by atoms with E-state index < -0.39 is 0 Å². The zero-order valence-corrected chi connectivity index (χ0v) is 11.2. The van der Waals surface area contributed by atoms with E-state index in [1.165, 1.54) is 23.6 Å².